The lowest BCUT2D eigenvalue weighted by atomic mass is 9.44. The Labute approximate surface area is 164 Å². The molecule has 3 heteroatoms. The Kier molecular flexibility index (Phi) is 4.96. The number of aliphatic carboxylic acids is 1. The Balaban J connectivity index is 1.58. The van der Waals surface area contributed by atoms with Gasteiger partial charge in [0.15, 0.2) is 0 Å². The summed E-state index contributed by atoms with van der Waals surface area (Å²) in [6.45, 7) is 6.98. The van der Waals surface area contributed by atoms with Crippen LogP contribution in [0.25, 0.3) is 0 Å². The van der Waals surface area contributed by atoms with E-state index in [1.807, 2.05) is 0 Å². The summed E-state index contributed by atoms with van der Waals surface area (Å²) in [7, 11) is 0. The van der Waals surface area contributed by atoms with Gasteiger partial charge in [0, 0.05) is 18.3 Å². The minimum Gasteiger partial charge on any atom is -0.481 e. The molecule has 4 aliphatic rings. The molecular weight excluding hydrogens is 336 g/mol. The topological polar surface area (TPSA) is 54.4 Å². The average Bonchev–Trinajstić information content (AvgIpc) is 2.99. The van der Waals surface area contributed by atoms with Gasteiger partial charge in [-0.15, -0.1) is 0 Å². The second kappa shape index (κ2) is 6.88. The fourth-order valence-electron chi connectivity index (χ4n) is 8.50. The SMILES string of the molecule is C[C@H](CCC(=O)O)[C@H]1CC[C@H]2[C@@H]3CC[C@H]4CCCC[C@]4(C)[C@H]3CC(=O)[C@]12C. The van der Waals surface area contributed by atoms with E-state index in [4.69, 9.17) is 5.11 Å². The molecule has 0 radical (unpaired) electrons. The number of rotatable bonds is 4. The third-order valence-electron chi connectivity index (χ3n) is 10.0. The van der Waals surface area contributed by atoms with Crippen molar-refractivity contribution >= 4 is 11.8 Å². The Morgan fingerprint density at radius 1 is 1.11 bits per heavy atom. The molecule has 0 aliphatic heterocycles. The predicted octanol–water partition coefficient (Wildman–Crippen LogP) is 5.72. The summed E-state index contributed by atoms with van der Waals surface area (Å²) >= 11 is 0. The summed E-state index contributed by atoms with van der Waals surface area (Å²) in [6, 6.07) is 0. The zero-order valence-corrected chi connectivity index (χ0v) is 17.5. The van der Waals surface area contributed by atoms with Crippen molar-refractivity contribution in [2.24, 2.45) is 46.3 Å². The number of fused-ring (bicyclic) bond motifs is 5. The first-order chi connectivity index (χ1) is 12.8. The highest BCUT2D eigenvalue weighted by Crippen LogP contribution is 2.67. The molecule has 0 saturated heterocycles. The first kappa shape index (κ1) is 19.5. The van der Waals surface area contributed by atoms with Gasteiger partial charge in [-0.1, -0.05) is 33.6 Å². The largest absolute Gasteiger partial charge is 0.481 e. The standard InChI is InChI=1S/C24H38O3/c1-15(7-12-22(26)27)18-10-11-19-17-9-8-16-6-4-5-13-23(16,2)20(17)14-21(25)24(18,19)3/h15-20H,4-14H2,1-3H3,(H,26,27)/t15-,16-,17+,18-,19+,20+,23+,24-/m1/s1. The maximum atomic E-state index is 13.6. The van der Waals surface area contributed by atoms with Crippen molar-refractivity contribution in [3.05, 3.63) is 0 Å². The van der Waals surface area contributed by atoms with Gasteiger partial charge in [-0.05, 0) is 85.9 Å². The maximum Gasteiger partial charge on any atom is 0.303 e. The summed E-state index contributed by atoms with van der Waals surface area (Å²) < 4.78 is 0. The maximum absolute atomic E-state index is 13.6. The highest BCUT2D eigenvalue weighted by atomic mass is 16.4. The van der Waals surface area contributed by atoms with E-state index in [-0.39, 0.29) is 11.8 Å². The Hall–Kier alpha value is -0.860. The number of hydrogen-bond acceptors (Lipinski definition) is 2. The lowest BCUT2D eigenvalue weighted by Crippen LogP contribution is -2.56. The van der Waals surface area contributed by atoms with Gasteiger partial charge in [0.25, 0.3) is 0 Å². The molecule has 0 bridgehead atoms. The number of ketones is 1. The first-order valence-electron chi connectivity index (χ1n) is 11.5. The second-order valence-electron chi connectivity index (χ2n) is 10.9. The molecule has 0 spiro atoms. The smallest absolute Gasteiger partial charge is 0.303 e. The van der Waals surface area contributed by atoms with Gasteiger partial charge in [0.1, 0.15) is 5.78 Å². The molecule has 4 fully saturated rings. The van der Waals surface area contributed by atoms with Crippen molar-refractivity contribution in [2.45, 2.75) is 91.4 Å². The first-order valence-corrected chi connectivity index (χ1v) is 11.5. The minimum atomic E-state index is -0.708. The van der Waals surface area contributed by atoms with E-state index in [2.05, 4.69) is 20.8 Å². The van der Waals surface area contributed by atoms with E-state index in [1.54, 1.807) is 0 Å². The molecule has 0 unspecified atom stereocenters. The molecule has 0 aromatic heterocycles. The van der Waals surface area contributed by atoms with Crippen LogP contribution in [0.3, 0.4) is 0 Å². The Bertz CT molecular complexity index is 613. The van der Waals surface area contributed by atoms with E-state index in [9.17, 15) is 9.59 Å². The number of carbonyl (C=O) groups is 2. The molecule has 8 atom stereocenters. The Morgan fingerprint density at radius 3 is 2.63 bits per heavy atom. The van der Waals surface area contributed by atoms with Crippen molar-refractivity contribution < 1.29 is 14.7 Å². The molecule has 152 valence electrons. The summed E-state index contributed by atoms with van der Waals surface area (Å²) in [6.07, 6.45) is 12.2. The van der Waals surface area contributed by atoms with Gasteiger partial charge in [0.2, 0.25) is 0 Å². The van der Waals surface area contributed by atoms with Gasteiger partial charge in [0.05, 0.1) is 0 Å². The monoisotopic (exact) mass is 374 g/mol. The average molecular weight is 375 g/mol. The zero-order valence-electron chi connectivity index (χ0n) is 17.5. The van der Waals surface area contributed by atoms with Crippen molar-refractivity contribution in [3.8, 4) is 0 Å². The molecule has 4 saturated carbocycles. The molecule has 4 rings (SSSR count). The van der Waals surface area contributed by atoms with E-state index >= 15 is 0 Å². The van der Waals surface area contributed by atoms with Crippen molar-refractivity contribution in [3.63, 3.8) is 0 Å². The van der Waals surface area contributed by atoms with Gasteiger partial charge in [-0.25, -0.2) is 0 Å². The molecule has 0 aromatic rings. The predicted molar refractivity (Wildman–Crippen MR) is 106 cm³/mol. The van der Waals surface area contributed by atoms with Crippen LogP contribution in [0.15, 0.2) is 0 Å². The lowest BCUT2D eigenvalue weighted by Gasteiger charge is -2.60. The fraction of sp³-hybridized carbons (Fsp3) is 0.917. The highest BCUT2D eigenvalue weighted by molar-refractivity contribution is 5.87. The number of hydrogen-bond donors (Lipinski definition) is 1. The fourth-order valence-corrected chi connectivity index (χ4v) is 8.50. The molecule has 0 aromatic carbocycles. The van der Waals surface area contributed by atoms with Crippen molar-refractivity contribution in [2.75, 3.05) is 0 Å². The molecule has 3 nitrogen and oxygen atoms in total. The highest BCUT2D eigenvalue weighted by Gasteiger charge is 2.63. The van der Waals surface area contributed by atoms with Crippen LogP contribution in [0, 0.1) is 46.3 Å². The normalized spacial score (nSPS) is 47.7. The zero-order chi connectivity index (χ0) is 19.4. The van der Waals surface area contributed by atoms with Crippen molar-refractivity contribution in [1.82, 2.24) is 0 Å². The summed E-state index contributed by atoms with van der Waals surface area (Å²) in [5.74, 6) is 3.24. The van der Waals surface area contributed by atoms with E-state index < -0.39 is 5.97 Å². The van der Waals surface area contributed by atoms with Crippen LogP contribution in [0.4, 0.5) is 0 Å². The van der Waals surface area contributed by atoms with Gasteiger partial charge < -0.3 is 5.11 Å². The van der Waals surface area contributed by atoms with E-state index in [1.165, 1.54) is 44.9 Å². The number of carboxylic acids is 1. The molecule has 4 aliphatic carbocycles. The van der Waals surface area contributed by atoms with Crippen LogP contribution in [0.2, 0.25) is 0 Å². The van der Waals surface area contributed by atoms with Crippen LogP contribution < -0.4 is 0 Å². The quantitative estimate of drug-likeness (QED) is 0.685. The van der Waals surface area contributed by atoms with Crippen LogP contribution in [0.5, 0.6) is 0 Å². The number of Topliss-reactive ketones (excluding diaryl/α,β-unsaturated/α-hetero) is 1. The van der Waals surface area contributed by atoms with Crippen LogP contribution in [-0.4, -0.2) is 16.9 Å². The minimum absolute atomic E-state index is 0.197. The third kappa shape index (κ3) is 2.90. The Morgan fingerprint density at radius 2 is 1.89 bits per heavy atom. The summed E-state index contributed by atoms with van der Waals surface area (Å²) in [4.78, 5) is 24.6. The lowest BCUT2D eigenvalue weighted by molar-refractivity contribution is -0.157. The third-order valence-corrected chi connectivity index (χ3v) is 10.0. The molecule has 0 amide bonds. The second-order valence-corrected chi connectivity index (χ2v) is 10.9. The number of carboxylic acid groups (broad SMARTS) is 1. The molecule has 1 N–H and O–H groups in total. The molecular formula is C24H38O3. The van der Waals surface area contributed by atoms with Gasteiger partial charge in [-0.3, -0.25) is 9.59 Å². The van der Waals surface area contributed by atoms with E-state index in [0.717, 1.165) is 24.7 Å². The van der Waals surface area contributed by atoms with Crippen LogP contribution >= 0.6 is 0 Å². The summed E-state index contributed by atoms with van der Waals surface area (Å²) in [5.41, 5.74) is 0.197. The van der Waals surface area contributed by atoms with Gasteiger partial charge in [-0.2, -0.15) is 0 Å². The number of carbonyl (C=O) groups excluding carboxylic acids is 1. The molecule has 27 heavy (non-hydrogen) atoms. The van der Waals surface area contributed by atoms with Crippen LogP contribution in [-0.2, 0) is 9.59 Å². The summed E-state index contributed by atoms with van der Waals surface area (Å²) in [5, 5.41) is 9.08. The van der Waals surface area contributed by atoms with E-state index in [0.29, 0.717) is 41.3 Å². The molecule has 0 heterocycles. The van der Waals surface area contributed by atoms with Crippen molar-refractivity contribution in [1.29, 1.82) is 0 Å². The van der Waals surface area contributed by atoms with Gasteiger partial charge >= 0.3 is 5.97 Å². The van der Waals surface area contributed by atoms with Crippen LogP contribution in [0.1, 0.15) is 91.4 Å².